The zero-order chi connectivity index (χ0) is 13.8. The van der Waals surface area contributed by atoms with Gasteiger partial charge in [0.05, 0.1) is 6.10 Å². The SMILES string of the molecule is CC(C)OC(=O)CCCCC1SCC2OC(=O)OC21. The summed E-state index contributed by atoms with van der Waals surface area (Å²) in [6.07, 6.45) is 2.39. The van der Waals surface area contributed by atoms with Crippen LogP contribution >= 0.6 is 11.8 Å². The molecule has 0 aromatic heterocycles. The van der Waals surface area contributed by atoms with Crippen LogP contribution in [0.4, 0.5) is 4.79 Å². The van der Waals surface area contributed by atoms with Crippen LogP contribution < -0.4 is 0 Å². The van der Waals surface area contributed by atoms with Gasteiger partial charge in [0, 0.05) is 17.4 Å². The number of hydrogen-bond acceptors (Lipinski definition) is 6. The van der Waals surface area contributed by atoms with Crippen molar-refractivity contribution >= 4 is 23.9 Å². The van der Waals surface area contributed by atoms with Crippen molar-refractivity contribution in [3.63, 3.8) is 0 Å². The summed E-state index contributed by atoms with van der Waals surface area (Å²) in [6.45, 7) is 3.70. The molecule has 0 aromatic carbocycles. The second-order valence-corrected chi connectivity index (χ2v) is 6.42. The number of rotatable bonds is 6. The molecule has 0 spiro atoms. The molecule has 108 valence electrons. The third-order valence-corrected chi connectivity index (χ3v) is 4.63. The predicted octanol–water partition coefficient (Wildman–Crippen LogP) is 2.52. The van der Waals surface area contributed by atoms with Crippen LogP contribution in [0.15, 0.2) is 0 Å². The lowest BCUT2D eigenvalue weighted by Gasteiger charge is -2.14. The lowest BCUT2D eigenvalue weighted by atomic mass is 10.1. The van der Waals surface area contributed by atoms with Crippen LogP contribution in [0.5, 0.6) is 0 Å². The molecule has 2 aliphatic heterocycles. The normalized spacial score (nSPS) is 29.0. The van der Waals surface area contributed by atoms with E-state index in [0.717, 1.165) is 25.0 Å². The number of ether oxygens (including phenoxy) is 3. The second-order valence-electron chi connectivity index (χ2n) is 5.14. The average molecular weight is 288 g/mol. The van der Waals surface area contributed by atoms with Gasteiger partial charge in [0.15, 0.2) is 12.2 Å². The molecule has 2 aliphatic rings. The highest BCUT2D eigenvalue weighted by molar-refractivity contribution is 8.00. The Hall–Kier alpha value is -0.910. The largest absolute Gasteiger partial charge is 0.509 e. The smallest absolute Gasteiger partial charge is 0.463 e. The van der Waals surface area contributed by atoms with E-state index in [1.165, 1.54) is 0 Å². The van der Waals surface area contributed by atoms with Crippen molar-refractivity contribution in [2.75, 3.05) is 5.75 Å². The van der Waals surface area contributed by atoms with E-state index in [0.29, 0.717) is 11.7 Å². The Bertz CT molecular complexity index is 344. The second kappa shape index (κ2) is 6.50. The third-order valence-electron chi connectivity index (χ3n) is 3.17. The molecule has 2 heterocycles. The first-order chi connectivity index (χ1) is 9.06. The predicted molar refractivity (Wildman–Crippen MR) is 71.1 cm³/mol. The van der Waals surface area contributed by atoms with Gasteiger partial charge in [0.1, 0.15) is 0 Å². The average Bonchev–Trinajstić information content (AvgIpc) is 2.83. The minimum Gasteiger partial charge on any atom is -0.463 e. The molecule has 2 rings (SSSR count). The number of unbranched alkanes of at least 4 members (excludes halogenated alkanes) is 1. The summed E-state index contributed by atoms with van der Waals surface area (Å²) in [5.74, 6) is 0.679. The van der Waals surface area contributed by atoms with Gasteiger partial charge in [-0.2, -0.15) is 11.8 Å². The zero-order valence-corrected chi connectivity index (χ0v) is 12.1. The third kappa shape index (κ3) is 4.03. The van der Waals surface area contributed by atoms with Crippen LogP contribution in [0.25, 0.3) is 0 Å². The molecule has 2 saturated heterocycles. The van der Waals surface area contributed by atoms with Crippen LogP contribution in [0.2, 0.25) is 0 Å². The van der Waals surface area contributed by atoms with E-state index in [9.17, 15) is 9.59 Å². The van der Waals surface area contributed by atoms with E-state index in [1.54, 1.807) is 11.8 Å². The van der Waals surface area contributed by atoms with E-state index >= 15 is 0 Å². The number of hydrogen-bond donors (Lipinski definition) is 0. The monoisotopic (exact) mass is 288 g/mol. The van der Waals surface area contributed by atoms with Crippen molar-refractivity contribution < 1.29 is 23.8 Å². The molecule has 2 fully saturated rings. The van der Waals surface area contributed by atoms with Gasteiger partial charge in [-0.25, -0.2) is 4.79 Å². The Kier molecular flexibility index (Phi) is 4.96. The van der Waals surface area contributed by atoms with Crippen LogP contribution in [0, 0.1) is 0 Å². The highest BCUT2D eigenvalue weighted by Gasteiger charge is 2.47. The van der Waals surface area contributed by atoms with Gasteiger partial charge in [-0.3, -0.25) is 4.79 Å². The summed E-state index contributed by atoms with van der Waals surface area (Å²) in [7, 11) is 0. The highest BCUT2D eigenvalue weighted by Crippen LogP contribution is 2.38. The Morgan fingerprint density at radius 1 is 1.42 bits per heavy atom. The number of fused-ring (bicyclic) bond motifs is 1. The van der Waals surface area contributed by atoms with Crippen molar-refractivity contribution in [3.05, 3.63) is 0 Å². The molecule has 19 heavy (non-hydrogen) atoms. The summed E-state index contributed by atoms with van der Waals surface area (Å²) < 4.78 is 15.3. The fourth-order valence-corrected chi connectivity index (χ4v) is 3.80. The molecule has 0 aromatic rings. The number of esters is 1. The van der Waals surface area contributed by atoms with Crippen LogP contribution in [-0.4, -0.2) is 41.4 Å². The molecule has 5 nitrogen and oxygen atoms in total. The van der Waals surface area contributed by atoms with Gasteiger partial charge in [-0.15, -0.1) is 0 Å². The van der Waals surface area contributed by atoms with Gasteiger partial charge < -0.3 is 14.2 Å². The molecular weight excluding hydrogens is 268 g/mol. The summed E-state index contributed by atoms with van der Waals surface area (Å²) in [5.41, 5.74) is 0. The van der Waals surface area contributed by atoms with E-state index < -0.39 is 6.16 Å². The molecule has 0 amide bonds. The zero-order valence-electron chi connectivity index (χ0n) is 11.3. The van der Waals surface area contributed by atoms with E-state index in [2.05, 4.69) is 0 Å². The molecule has 0 radical (unpaired) electrons. The quantitative estimate of drug-likeness (QED) is 0.553. The maximum Gasteiger partial charge on any atom is 0.509 e. The van der Waals surface area contributed by atoms with E-state index in [4.69, 9.17) is 14.2 Å². The Morgan fingerprint density at radius 2 is 2.21 bits per heavy atom. The summed E-state index contributed by atoms with van der Waals surface area (Å²) in [5, 5.41) is 0.303. The molecule has 3 atom stereocenters. The highest BCUT2D eigenvalue weighted by atomic mass is 32.2. The van der Waals surface area contributed by atoms with Gasteiger partial charge in [-0.1, -0.05) is 6.42 Å². The van der Waals surface area contributed by atoms with Crippen molar-refractivity contribution in [2.24, 2.45) is 0 Å². The minimum absolute atomic E-state index is 0.0475. The summed E-state index contributed by atoms with van der Waals surface area (Å²) in [6, 6.07) is 0. The number of thioether (sulfide) groups is 1. The topological polar surface area (TPSA) is 61.8 Å². The van der Waals surface area contributed by atoms with E-state index in [-0.39, 0.29) is 24.3 Å². The van der Waals surface area contributed by atoms with Crippen LogP contribution in [0.3, 0.4) is 0 Å². The maximum absolute atomic E-state index is 11.4. The molecule has 0 aliphatic carbocycles. The fourth-order valence-electron chi connectivity index (χ4n) is 2.35. The van der Waals surface area contributed by atoms with Gasteiger partial charge in [-0.05, 0) is 26.7 Å². The van der Waals surface area contributed by atoms with Gasteiger partial charge in [0.25, 0.3) is 0 Å². The number of carbonyl (C=O) groups is 2. The molecule has 0 saturated carbocycles. The minimum atomic E-state index is -0.541. The Balaban J connectivity index is 1.61. The molecule has 0 bridgehead atoms. The van der Waals surface area contributed by atoms with Gasteiger partial charge in [0.2, 0.25) is 0 Å². The van der Waals surface area contributed by atoms with Crippen LogP contribution in [0.1, 0.15) is 39.5 Å². The standard InChI is InChI=1S/C13H20O5S/c1-8(2)16-11(14)6-4-3-5-10-12-9(7-19-10)17-13(15)18-12/h8-10,12H,3-7H2,1-2H3. The Labute approximate surface area is 117 Å². The first kappa shape index (κ1) is 14.5. The first-order valence-corrected chi connectivity index (χ1v) is 7.79. The summed E-state index contributed by atoms with van der Waals surface area (Å²) in [4.78, 5) is 22.4. The summed E-state index contributed by atoms with van der Waals surface area (Å²) >= 11 is 1.79. The molecule has 6 heteroatoms. The van der Waals surface area contributed by atoms with E-state index in [1.807, 2.05) is 13.8 Å². The Morgan fingerprint density at radius 3 is 2.95 bits per heavy atom. The molecule has 3 unspecified atom stereocenters. The van der Waals surface area contributed by atoms with Crippen molar-refractivity contribution in [1.82, 2.24) is 0 Å². The lowest BCUT2D eigenvalue weighted by molar-refractivity contribution is -0.147. The van der Waals surface area contributed by atoms with Crippen molar-refractivity contribution in [3.8, 4) is 0 Å². The van der Waals surface area contributed by atoms with Crippen molar-refractivity contribution in [2.45, 2.75) is 63.1 Å². The molecule has 0 N–H and O–H groups in total. The lowest BCUT2D eigenvalue weighted by Crippen LogP contribution is -2.26. The van der Waals surface area contributed by atoms with Gasteiger partial charge >= 0.3 is 12.1 Å². The van der Waals surface area contributed by atoms with Crippen LogP contribution in [-0.2, 0) is 19.0 Å². The maximum atomic E-state index is 11.4. The first-order valence-electron chi connectivity index (χ1n) is 6.74. The molecular formula is C13H20O5S. The fraction of sp³-hybridized carbons (Fsp3) is 0.846. The number of carbonyl (C=O) groups excluding carboxylic acids is 2. The van der Waals surface area contributed by atoms with Crippen molar-refractivity contribution in [1.29, 1.82) is 0 Å².